The fraction of sp³-hybridized carbons (Fsp3) is 0. The molecule has 2 amide bonds. The third-order valence-corrected chi connectivity index (χ3v) is 2.94. The first kappa shape index (κ1) is 16.1. The Labute approximate surface area is 163 Å². The molecule has 21 heavy (non-hydrogen) atoms. The average molecular weight is 307 g/mol. The van der Waals surface area contributed by atoms with Crippen LogP contribution in [0, 0.1) is 0 Å². The molecule has 0 spiro atoms. The van der Waals surface area contributed by atoms with Crippen LogP contribution in [-0.2, 0) is 4.84 Å². The number of hydrogen-bond acceptors (Lipinski definition) is 4. The predicted molar refractivity (Wildman–Crippen MR) is 75.9 cm³/mol. The van der Waals surface area contributed by atoms with Gasteiger partial charge in [0.2, 0.25) is 0 Å². The van der Waals surface area contributed by atoms with E-state index in [2.05, 4.69) is 0 Å². The molecule has 0 fully saturated rings. The monoisotopic (exact) mass is 307 g/mol. The third kappa shape index (κ3) is 2.99. The number of fused-ring (bicyclic) bond motifs is 1. The molecule has 0 aliphatic carbocycles. The van der Waals surface area contributed by atoms with Crippen LogP contribution in [0.3, 0.4) is 0 Å². The van der Waals surface area contributed by atoms with Gasteiger partial charge in [0.05, 0.1) is 16.7 Å². The SMILES string of the molecule is O=C(ON1C(=O)c2ccccc2C1=O)c1ccccc1.[KH]. The van der Waals surface area contributed by atoms with Crippen molar-refractivity contribution in [3.63, 3.8) is 0 Å². The van der Waals surface area contributed by atoms with E-state index < -0.39 is 17.8 Å². The summed E-state index contributed by atoms with van der Waals surface area (Å²) in [6.45, 7) is 0. The number of rotatable bonds is 2. The molecule has 1 aliphatic heterocycles. The number of hydroxylamine groups is 2. The van der Waals surface area contributed by atoms with Gasteiger partial charge >= 0.3 is 57.4 Å². The predicted octanol–water partition coefficient (Wildman–Crippen LogP) is 1.41. The summed E-state index contributed by atoms with van der Waals surface area (Å²) in [6.07, 6.45) is 0. The Balaban J connectivity index is 0.00000161. The molecule has 0 atom stereocenters. The van der Waals surface area contributed by atoms with Gasteiger partial charge in [0, 0.05) is 0 Å². The Morgan fingerprint density at radius 2 is 1.29 bits per heavy atom. The molecule has 0 N–H and O–H groups in total. The van der Waals surface area contributed by atoms with Gasteiger partial charge in [-0.2, -0.15) is 0 Å². The number of imide groups is 1. The van der Waals surface area contributed by atoms with Crippen LogP contribution in [0.1, 0.15) is 31.1 Å². The van der Waals surface area contributed by atoms with Gasteiger partial charge in [0.25, 0.3) is 11.8 Å². The van der Waals surface area contributed by atoms with Crippen molar-refractivity contribution in [3.05, 3.63) is 71.3 Å². The Hall–Kier alpha value is -1.31. The molecule has 2 aromatic rings. The molecule has 0 saturated heterocycles. The van der Waals surface area contributed by atoms with Gasteiger partial charge in [-0.15, -0.1) is 0 Å². The molecular formula is C15H10KNO4. The van der Waals surface area contributed by atoms with Crippen molar-refractivity contribution in [2.75, 3.05) is 0 Å². The molecule has 0 unspecified atom stereocenters. The van der Waals surface area contributed by atoms with E-state index in [1.165, 1.54) is 12.1 Å². The van der Waals surface area contributed by atoms with E-state index in [1.54, 1.807) is 42.5 Å². The second-order valence-corrected chi connectivity index (χ2v) is 4.20. The molecule has 0 radical (unpaired) electrons. The zero-order valence-electron chi connectivity index (χ0n) is 10.3. The topological polar surface area (TPSA) is 63.7 Å². The van der Waals surface area contributed by atoms with Crippen molar-refractivity contribution in [2.45, 2.75) is 0 Å². The number of carbonyl (C=O) groups excluding carboxylic acids is 3. The summed E-state index contributed by atoms with van der Waals surface area (Å²) in [5.41, 5.74) is 0.737. The van der Waals surface area contributed by atoms with Crippen LogP contribution in [0.15, 0.2) is 54.6 Å². The van der Waals surface area contributed by atoms with Crippen LogP contribution in [0.4, 0.5) is 0 Å². The molecule has 0 bridgehead atoms. The van der Waals surface area contributed by atoms with Gasteiger partial charge in [-0.05, 0) is 24.3 Å². The fourth-order valence-electron chi connectivity index (χ4n) is 1.96. The second kappa shape index (κ2) is 6.63. The van der Waals surface area contributed by atoms with Crippen molar-refractivity contribution in [3.8, 4) is 0 Å². The molecule has 2 aromatic carbocycles. The quantitative estimate of drug-likeness (QED) is 0.621. The van der Waals surface area contributed by atoms with Crippen molar-refractivity contribution in [1.29, 1.82) is 0 Å². The van der Waals surface area contributed by atoms with E-state index >= 15 is 0 Å². The Morgan fingerprint density at radius 1 is 0.810 bits per heavy atom. The zero-order valence-corrected chi connectivity index (χ0v) is 10.3. The van der Waals surface area contributed by atoms with E-state index in [0.717, 1.165) is 0 Å². The number of amides is 2. The summed E-state index contributed by atoms with van der Waals surface area (Å²) in [5.74, 6) is -2.01. The summed E-state index contributed by atoms with van der Waals surface area (Å²) in [7, 11) is 0. The van der Waals surface area contributed by atoms with Crippen molar-refractivity contribution in [1.82, 2.24) is 5.06 Å². The molecule has 0 saturated carbocycles. The zero-order chi connectivity index (χ0) is 14.1. The molecule has 1 aliphatic rings. The normalized spacial score (nSPS) is 12.7. The molecule has 100 valence electrons. The molecule has 3 rings (SSSR count). The van der Waals surface area contributed by atoms with Gasteiger partial charge in [0.15, 0.2) is 0 Å². The van der Waals surface area contributed by atoms with E-state index in [9.17, 15) is 14.4 Å². The van der Waals surface area contributed by atoms with Crippen LogP contribution in [0.2, 0.25) is 0 Å². The van der Waals surface area contributed by atoms with Gasteiger partial charge in [-0.1, -0.05) is 35.4 Å². The molecule has 1 heterocycles. The van der Waals surface area contributed by atoms with E-state index in [0.29, 0.717) is 5.06 Å². The Kier molecular flexibility index (Phi) is 5.07. The van der Waals surface area contributed by atoms with E-state index in [-0.39, 0.29) is 68.1 Å². The molecule has 5 nitrogen and oxygen atoms in total. The number of nitrogens with zero attached hydrogens (tertiary/aromatic N) is 1. The van der Waals surface area contributed by atoms with Gasteiger partial charge in [0.1, 0.15) is 0 Å². The van der Waals surface area contributed by atoms with Gasteiger partial charge in [-0.3, -0.25) is 9.59 Å². The number of hydrogen-bond donors (Lipinski definition) is 0. The summed E-state index contributed by atoms with van der Waals surface area (Å²) in [6, 6.07) is 14.5. The van der Waals surface area contributed by atoms with Crippen molar-refractivity contribution < 1.29 is 19.2 Å². The fourth-order valence-corrected chi connectivity index (χ4v) is 1.96. The second-order valence-electron chi connectivity index (χ2n) is 4.20. The first-order chi connectivity index (χ1) is 9.68. The van der Waals surface area contributed by atoms with Crippen LogP contribution in [-0.4, -0.2) is 74.2 Å². The summed E-state index contributed by atoms with van der Waals surface area (Å²) in [4.78, 5) is 40.8. The van der Waals surface area contributed by atoms with Crippen LogP contribution >= 0.6 is 0 Å². The summed E-state index contributed by atoms with van der Waals surface area (Å²) in [5, 5.41) is 0.500. The summed E-state index contributed by atoms with van der Waals surface area (Å²) >= 11 is 0. The molecular weight excluding hydrogens is 297 g/mol. The minimum absolute atomic E-state index is 0. The maximum atomic E-state index is 12.0. The molecule has 6 heteroatoms. The van der Waals surface area contributed by atoms with E-state index in [1.807, 2.05) is 0 Å². The first-order valence-electron chi connectivity index (χ1n) is 5.93. The average Bonchev–Trinajstić information content (AvgIpc) is 2.74. The maximum absolute atomic E-state index is 12.0. The number of benzene rings is 2. The van der Waals surface area contributed by atoms with Crippen LogP contribution < -0.4 is 0 Å². The Morgan fingerprint density at radius 3 is 1.81 bits per heavy atom. The van der Waals surface area contributed by atoms with Crippen molar-refractivity contribution >= 4 is 69.2 Å². The van der Waals surface area contributed by atoms with Crippen molar-refractivity contribution in [2.24, 2.45) is 0 Å². The van der Waals surface area contributed by atoms with Gasteiger partial charge < -0.3 is 4.84 Å². The first-order valence-corrected chi connectivity index (χ1v) is 5.93. The van der Waals surface area contributed by atoms with Gasteiger partial charge in [-0.25, -0.2) is 4.79 Å². The van der Waals surface area contributed by atoms with Crippen LogP contribution in [0.5, 0.6) is 0 Å². The minimum atomic E-state index is -0.750. The van der Waals surface area contributed by atoms with E-state index in [4.69, 9.17) is 4.84 Å². The summed E-state index contributed by atoms with van der Waals surface area (Å²) < 4.78 is 0. The third-order valence-electron chi connectivity index (χ3n) is 2.94. The van der Waals surface area contributed by atoms with Crippen LogP contribution in [0.25, 0.3) is 0 Å². The number of carbonyl (C=O) groups is 3. The molecule has 0 aromatic heterocycles. The standard InChI is InChI=1S/C15H9NO4.K.H/c17-13-11-8-4-5-9-12(11)14(18)16(13)20-15(19)10-6-2-1-3-7-10;;/h1-9H;;. The Bertz CT molecular complexity index is 680.